The number of carbonyl (C=O) groups is 3. The average molecular weight is 644 g/mol. The topological polar surface area (TPSA) is 94.7 Å². The van der Waals surface area contributed by atoms with Gasteiger partial charge in [-0.2, -0.15) is 0 Å². The smallest absolute Gasteiger partial charge is 0.410 e. The van der Waals surface area contributed by atoms with Gasteiger partial charge in [0.25, 0.3) is 0 Å². The number of likely N-dealkylation sites (tertiary alicyclic amines) is 2. The van der Waals surface area contributed by atoms with E-state index in [0.717, 1.165) is 123 Å². The van der Waals surface area contributed by atoms with Gasteiger partial charge in [0.2, 0.25) is 5.91 Å². The zero-order chi connectivity index (χ0) is 32.6. The molecule has 2 bridgehead atoms. The van der Waals surface area contributed by atoms with Crippen molar-refractivity contribution in [2.24, 2.45) is 23.7 Å². The molecular formula is C36H61N5O5. The quantitative estimate of drug-likeness (QED) is 0.413. The van der Waals surface area contributed by atoms with Crippen LogP contribution in [-0.4, -0.2) is 120 Å². The van der Waals surface area contributed by atoms with E-state index >= 15 is 0 Å². The molecule has 1 N–H and O–H groups in total. The number of unbranched alkanes of at least 4 members (excludes halogenated alkanes) is 1. The van der Waals surface area contributed by atoms with Crippen molar-refractivity contribution >= 4 is 18.1 Å². The van der Waals surface area contributed by atoms with E-state index in [4.69, 9.17) is 9.47 Å². The second-order valence-electron chi connectivity index (χ2n) is 16.1. The van der Waals surface area contributed by atoms with Crippen molar-refractivity contribution in [3.8, 4) is 0 Å². The molecule has 0 aromatic carbocycles. The number of fused-ring (bicyclic) bond motifs is 2. The van der Waals surface area contributed by atoms with Crippen LogP contribution in [0.4, 0.5) is 9.59 Å². The highest BCUT2D eigenvalue weighted by Crippen LogP contribution is 2.45. The standard InChI is InChI=1S/C36H61N5O5/c1-6-7-8-28-24-39(23-27-21-29-9-10-30(22-27)41(29)34(44)45-5)33(43)46-36(28)14-19-40(20-15-36)35(4)12-17-38(18-13-35)32(42)31-25(2)11-16-37-26(31)3/h25-31,37H,6-24H2,1-5H3/t25?,26?,27-,28-,29-,30+,31?/m0/s1. The molecule has 10 nitrogen and oxygen atoms in total. The minimum absolute atomic E-state index is 0.0719. The van der Waals surface area contributed by atoms with Crippen LogP contribution in [0.25, 0.3) is 0 Å². The van der Waals surface area contributed by atoms with Crippen LogP contribution in [0, 0.1) is 23.7 Å². The fourth-order valence-corrected chi connectivity index (χ4v) is 10.4. The first-order valence-corrected chi connectivity index (χ1v) is 18.7. The number of methoxy groups -OCH3 is 1. The summed E-state index contributed by atoms with van der Waals surface area (Å²) in [6.45, 7) is 15.1. The summed E-state index contributed by atoms with van der Waals surface area (Å²) in [7, 11) is 1.47. The van der Waals surface area contributed by atoms with Crippen LogP contribution in [0.2, 0.25) is 0 Å². The number of carbonyl (C=O) groups excluding carboxylic acids is 3. The summed E-state index contributed by atoms with van der Waals surface area (Å²) in [5.74, 6) is 1.59. The van der Waals surface area contributed by atoms with E-state index in [2.05, 4.69) is 42.8 Å². The first-order chi connectivity index (χ1) is 22.1. The maximum absolute atomic E-state index is 13.6. The highest BCUT2D eigenvalue weighted by molar-refractivity contribution is 5.80. The lowest BCUT2D eigenvalue weighted by Gasteiger charge is -2.55. The lowest BCUT2D eigenvalue weighted by atomic mass is 9.74. The minimum atomic E-state index is -0.375. The van der Waals surface area contributed by atoms with Gasteiger partial charge in [-0.05, 0) is 83.6 Å². The van der Waals surface area contributed by atoms with E-state index in [-0.39, 0.29) is 47.4 Å². The van der Waals surface area contributed by atoms with Gasteiger partial charge in [-0.25, -0.2) is 9.59 Å². The predicted octanol–water partition coefficient (Wildman–Crippen LogP) is 5.10. The van der Waals surface area contributed by atoms with Crippen molar-refractivity contribution in [2.75, 3.05) is 52.9 Å². The maximum Gasteiger partial charge on any atom is 0.410 e. The Hall–Kier alpha value is -2.07. The molecule has 260 valence electrons. The Labute approximate surface area is 277 Å². The van der Waals surface area contributed by atoms with Gasteiger partial charge in [-0.15, -0.1) is 0 Å². The van der Waals surface area contributed by atoms with E-state index in [1.54, 1.807) is 0 Å². The van der Waals surface area contributed by atoms with Gasteiger partial charge in [0, 0.05) is 81.7 Å². The number of rotatable bonds is 7. The fraction of sp³-hybridized carbons (Fsp3) is 0.917. The first kappa shape index (κ1) is 33.8. The van der Waals surface area contributed by atoms with Crippen molar-refractivity contribution in [1.29, 1.82) is 0 Å². The van der Waals surface area contributed by atoms with Crippen LogP contribution in [0.15, 0.2) is 0 Å². The van der Waals surface area contributed by atoms with Gasteiger partial charge in [0.05, 0.1) is 13.0 Å². The summed E-state index contributed by atoms with van der Waals surface area (Å²) in [5.41, 5.74) is -0.303. The van der Waals surface area contributed by atoms with Crippen molar-refractivity contribution < 1.29 is 23.9 Å². The summed E-state index contributed by atoms with van der Waals surface area (Å²) in [6.07, 6.45) is 11.8. The molecule has 7 atom stereocenters. The molecule has 0 aromatic heterocycles. The molecule has 6 aliphatic rings. The number of nitrogens with one attached hydrogen (secondary N) is 1. The van der Waals surface area contributed by atoms with Crippen molar-refractivity contribution in [3.63, 3.8) is 0 Å². The van der Waals surface area contributed by atoms with E-state index in [1.165, 1.54) is 7.11 Å². The molecule has 6 aliphatic heterocycles. The summed E-state index contributed by atoms with van der Waals surface area (Å²) < 4.78 is 11.6. The molecule has 6 saturated heterocycles. The first-order valence-electron chi connectivity index (χ1n) is 18.7. The number of ether oxygens (including phenoxy) is 2. The van der Waals surface area contributed by atoms with Crippen molar-refractivity contribution in [3.05, 3.63) is 0 Å². The molecule has 6 fully saturated rings. The number of amides is 3. The lowest BCUT2D eigenvalue weighted by molar-refractivity contribution is -0.145. The van der Waals surface area contributed by atoms with Crippen molar-refractivity contribution in [1.82, 2.24) is 24.9 Å². The highest BCUT2D eigenvalue weighted by Gasteiger charge is 2.53. The summed E-state index contributed by atoms with van der Waals surface area (Å²) in [5, 5.41) is 3.52. The Bertz CT molecular complexity index is 1080. The van der Waals surface area contributed by atoms with Gasteiger partial charge in [-0.1, -0.05) is 26.7 Å². The third-order valence-electron chi connectivity index (χ3n) is 13.4. The maximum atomic E-state index is 13.6. The Kier molecular flexibility index (Phi) is 10.2. The number of nitrogens with zero attached hydrogens (tertiary/aromatic N) is 4. The second kappa shape index (κ2) is 13.8. The monoisotopic (exact) mass is 643 g/mol. The fourth-order valence-electron chi connectivity index (χ4n) is 10.4. The Morgan fingerprint density at radius 2 is 1.67 bits per heavy atom. The summed E-state index contributed by atoms with van der Waals surface area (Å²) >= 11 is 0. The third-order valence-corrected chi connectivity index (χ3v) is 13.4. The van der Waals surface area contributed by atoms with Crippen LogP contribution >= 0.6 is 0 Å². The van der Waals surface area contributed by atoms with E-state index < -0.39 is 0 Å². The lowest BCUT2D eigenvalue weighted by Crippen LogP contribution is -2.64. The molecule has 3 unspecified atom stereocenters. The summed E-state index contributed by atoms with van der Waals surface area (Å²) in [6, 6.07) is 0.699. The predicted molar refractivity (Wildman–Crippen MR) is 177 cm³/mol. The minimum Gasteiger partial charge on any atom is -0.453 e. The Morgan fingerprint density at radius 3 is 2.28 bits per heavy atom. The van der Waals surface area contributed by atoms with E-state index in [0.29, 0.717) is 23.7 Å². The molecule has 0 saturated carbocycles. The number of piperidine rings is 4. The van der Waals surface area contributed by atoms with Crippen LogP contribution in [0.3, 0.4) is 0 Å². The molecule has 0 aromatic rings. The van der Waals surface area contributed by atoms with Crippen LogP contribution in [-0.2, 0) is 14.3 Å². The van der Waals surface area contributed by atoms with Crippen molar-refractivity contribution in [2.45, 2.75) is 134 Å². The molecule has 0 radical (unpaired) electrons. The van der Waals surface area contributed by atoms with Crippen LogP contribution in [0.5, 0.6) is 0 Å². The van der Waals surface area contributed by atoms with Gasteiger partial charge in [0.15, 0.2) is 0 Å². The van der Waals surface area contributed by atoms with Gasteiger partial charge in [0.1, 0.15) is 5.60 Å². The van der Waals surface area contributed by atoms with Gasteiger partial charge in [-0.3, -0.25) is 9.69 Å². The van der Waals surface area contributed by atoms with Gasteiger partial charge < -0.3 is 29.5 Å². The molecule has 6 rings (SSSR count). The highest BCUT2D eigenvalue weighted by atomic mass is 16.6. The molecule has 0 aliphatic carbocycles. The normalized spacial score (nSPS) is 36.1. The molecular weight excluding hydrogens is 582 g/mol. The van der Waals surface area contributed by atoms with Gasteiger partial charge >= 0.3 is 12.2 Å². The SMILES string of the molecule is CCCC[C@H]1CN(C[C@@H]2C[C@H]3CC[C@@H](C2)N3C(=O)OC)C(=O)OC12CCN(C1(C)CCN(C(=O)C3C(C)CCNC3C)CC1)CC2. The second-order valence-corrected chi connectivity index (χ2v) is 16.1. The average Bonchev–Trinajstić information content (AvgIpc) is 3.31. The Morgan fingerprint density at radius 1 is 1.00 bits per heavy atom. The number of hydrogen-bond donors (Lipinski definition) is 1. The Balaban J connectivity index is 1.04. The summed E-state index contributed by atoms with van der Waals surface area (Å²) in [4.78, 5) is 48.3. The largest absolute Gasteiger partial charge is 0.453 e. The number of hydrogen-bond acceptors (Lipinski definition) is 7. The zero-order valence-corrected chi connectivity index (χ0v) is 29.3. The molecule has 46 heavy (non-hydrogen) atoms. The molecule has 1 spiro atoms. The molecule has 3 amide bonds. The zero-order valence-electron chi connectivity index (χ0n) is 29.3. The van der Waals surface area contributed by atoms with Crippen LogP contribution in [0.1, 0.15) is 105 Å². The van der Waals surface area contributed by atoms with E-state index in [1.807, 2.05) is 9.80 Å². The van der Waals surface area contributed by atoms with Crippen LogP contribution < -0.4 is 5.32 Å². The third kappa shape index (κ3) is 6.50. The van der Waals surface area contributed by atoms with E-state index in [9.17, 15) is 14.4 Å². The molecule has 6 heterocycles. The molecule has 10 heteroatoms.